The van der Waals surface area contributed by atoms with Crippen LogP contribution in [-0.4, -0.2) is 119 Å². The molecular weight excluding hydrogens is 821 g/mol. The van der Waals surface area contributed by atoms with Crippen LogP contribution >= 0.6 is 0 Å². The molecule has 17 heteroatoms. The number of carbonyl (C=O) groups is 4. The zero-order valence-electron chi connectivity index (χ0n) is 37.1. The highest BCUT2D eigenvalue weighted by atomic mass is 16.5. The number of nitrogens with one attached hydrogen (secondary N) is 4. The van der Waals surface area contributed by atoms with Gasteiger partial charge in [-0.15, -0.1) is 0 Å². The van der Waals surface area contributed by atoms with Gasteiger partial charge in [0.15, 0.2) is 0 Å². The molecular formula is C47H56N8O9. The molecule has 5 aromatic rings. The number of amides is 4. The van der Waals surface area contributed by atoms with Crippen LogP contribution < -0.4 is 15.4 Å². The van der Waals surface area contributed by atoms with Gasteiger partial charge in [-0.25, -0.2) is 19.6 Å². The Balaban J connectivity index is 0.963. The first-order chi connectivity index (χ1) is 31.0. The Morgan fingerprint density at radius 1 is 0.797 bits per heavy atom. The lowest BCUT2D eigenvalue weighted by Crippen LogP contribution is -2.55. The number of H-pyrrole nitrogens is 2. The number of benzene rings is 3. The summed E-state index contributed by atoms with van der Waals surface area (Å²) in [6.07, 6.45) is 4.28. The number of methoxy groups -OCH3 is 3. The van der Waals surface area contributed by atoms with E-state index in [1.165, 1.54) is 21.3 Å². The van der Waals surface area contributed by atoms with E-state index in [0.717, 1.165) is 74.8 Å². The van der Waals surface area contributed by atoms with Gasteiger partial charge in [-0.1, -0.05) is 18.2 Å². The largest absolute Gasteiger partial charge is 0.488 e. The van der Waals surface area contributed by atoms with Gasteiger partial charge in [-0.2, -0.15) is 0 Å². The number of rotatable bonds is 10. The van der Waals surface area contributed by atoms with Crippen LogP contribution in [0.2, 0.25) is 0 Å². The quantitative estimate of drug-likeness (QED) is 0.117. The van der Waals surface area contributed by atoms with Crippen molar-refractivity contribution in [2.45, 2.75) is 108 Å². The van der Waals surface area contributed by atoms with Gasteiger partial charge < -0.3 is 54.1 Å². The number of hydrogen-bond acceptors (Lipinski definition) is 11. The van der Waals surface area contributed by atoms with E-state index in [9.17, 15) is 19.2 Å². The van der Waals surface area contributed by atoms with Crippen molar-refractivity contribution in [3.8, 4) is 28.1 Å². The number of imidazole rings is 2. The normalized spacial score (nSPS) is 22.3. The summed E-state index contributed by atoms with van der Waals surface area (Å²) in [5.74, 6) is 1.69. The van der Waals surface area contributed by atoms with Crippen LogP contribution in [0.15, 0.2) is 48.7 Å². The SMILES string of the molecule is COC(=O)NC(C(=O)N1[C@@H](C)CC[C@H]1c1ncc(-c2ccc3c(c2)COc2cc4c(ccc5[nH]c([C@@H]6CC[C@H](C)N6C(=O)[C@@H](NC(=O)OC)C6CCOCC6)nc54)cc2-3)[nH]1)[C@@H](C)OC. The smallest absolute Gasteiger partial charge is 0.407 e. The molecule has 2 aromatic heterocycles. The molecule has 4 aliphatic heterocycles. The minimum absolute atomic E-state index is 0.0424. The fourth-order valence-corrected chi connectivity index (χ4v) is 10.2. The van der Waals surface area contributed by atoms with Crippen LogP contribution in [0.1, 0.15) is 88.6 Å². The van der Waals surface area contributed by atoms with Crippen molar-refractivity contribution in [1.29, 1.82) is 0 Å². The Morgan fingerprint density at radius 3 is 2.22 bits per heavy atom. The Labute approximate surface area is 370 Å². The van der Waals surface area contributed by atoms with Gasteiger partial charge in [0.25, 0.3) is 0 Å². The number of hydrogen-bond donors (Lipinski definition) is 4. The van der Waals surface area contributed by atoms with E-state index in [1.807, 2.05) is 17.9 Å². The number of nitrogens with zero attached hydrogens (tertiary/aromatic N) is 4. The van der Waals surface area contributed by atoms with Gasteiger partial charge in [0.1, 0.15) is 36.1 Å². The highest BCUT2D eigenvalue weighted by Crippen LogP contribution is 2.44. The average Bonchev–Trinajstić information content (AvgIpc) is 4.14. The van der Waals surface area contributed by atoms with E-state index < -0.39 is 30.4 Å². The zero-order valence-corrected chi connectivity index (χ0v) is 37.1. The molecule has 4 aliphatic rings. The molecule has 6 heterocycles. The van der Waals surface area contributed by atoms with Crippen LogP contribution in [0.4, 0.5) is 9.59 Å². The highest BCUT2D eigenvalue weighted by Gasteiger charge is 2.44. The lowest BCUT2D eigenvalue weighted by atomic mass is 9.90. The minimum Gasteiger partial charge on any atom is -0.488 e. The molecule has 4 amide bonds. The molecule has 64 heavy (non-hydrogen) atoms. The first-order valence-electron chi connectivity index (χ1n) is 22.2. The summed E-state index contributed by atoms with van der Waals surface area (Å²) in [5, 5.41) is 7.45. The molecule has 3 saturated heterocycles. The van der Waals surface area contributed by atoms with E-state index in [-0.39, 0.29) is 41.9 Å². The van der Waals surface area contributed by atoms with Gasteiger partial charge >= 0.3 is 12.2 Å². The molecule has 3 aromatic carbocycles. The molecule has 0 saturated carbocycles. The lowest BCUT2D eigenvalue weighted by molar-refractivity contribution is -0.140. The van der Waals surface area contributed by atoms with Gasteiger partial charge in [-0.05, 0) is 112 Å². The number of ether oxygens (including phenoxy) is 5. The van der Waals surface area contributed by atoms with Crippen LogP contribution in [-0.2, 0) is 35.1 Å². The molecule has 0 bridgehead atoms. The highest BCUT2D eigenvalue weighted by molar-refractivity contribution is 6.07. The van der Waals surface area contributed by atoms with Crippen molar-refractivity contribution in [2.24, 2.45) is 5.92 Å². The predicted molar refractivity (Wildman–Crippen MR) is 236 cm³/mol. The van der Waals surface area contributed by atoms with Crippen molar-refractivity contribution >= 4 is 45.8 Å². The molecule has 9 rings (SSSR count). The maximum absolute atomic E-state index is 14.4. The third-order valence-corrected chi connectivity index (χ3v) is 13.8. The second-order valence-corrected chi connectivity index (χ2v) is 17.5. The van der Waals surface area contributed by atoms with Crippen LogP contribution in [0, 0.1) is 5.92 Å². The standard InChI is InChI=1S/C47H56N8O9/c1-24-7-13-36(54(24)44(56)39(26(3)60-4)52-46(58)61-5)42-48-22-35(50-42)29-9-11-31-30(19-29)23-64-38-21-32-28(20-33(31)38)10-12-34-41(32)51-43(49-34)37-14-8-25(2)55(37)45(57)40(53-47(59)62-6)27-15-17-63-18-16-27/h9-12,19-22,24-27,36-37,39-40H,7-8,13-18,23H2,1-6H3,(H,48,50)(H,49,51)(H,52,58)(H,53,59)/t24-,25-,26+,36-,37-,39?,40-/m0/s1. The summed E-state index contributed by atoms with van der Waals surface area (Å²) in [7, 11) is 4.07. The molecule has 7 atom stereocenters. The first-order valence-corrected chi connectivity index (χ1v) is 22.2. The van der Waals surface area contributed by atoms with Gasteiger partial charge in [0.2, 0.25) is 11.8 Å². The Morgan fingerprint density at radius 2 is 1.50 bits per heavy atom. The van der Waals surface area contributed by atoms with Crippen molar-refractivity contribution in [3.05, 3.63) is 65.9 Å². The third kappa shape index (κ3) is 7.88. The topological polar surface area (TPSA) is 202 Å². The van der Waals surface area contributed by atoms with Crippen LogP contribution in [0.3, 0.4) is 0 Å². The Bertz CT molecular complexity index is 2590. The number of alkyl carbamates (subject to hydrolysis) is 2. The molecule has 0 radical (unpaired) electrons. The maximum atomic E-state index is 14.4. The van der Waals surface area contributed by atoms with E-state index in [1.54, 1.807) is 18.0 Å². The summed E-state index contributed by atoms with van der Waals surface area (Å²) in [4.78, 5) is 73.6. The second kappa shape index (κ2) is 17.8. The van der Waals surface area contributed by atoms with Crippen molar-refractivity contribution in [3.63, 3.8) is 0 Å². The second-order valence-electron chi connectivity index (χ2n) is 17.5. The monoisotopic (exact) mass is 876 g/mol. The molecule has 17 nitrogen and oxygen atoms in total. The summed E-state index contributed by atoms with van der Waals surface area (Å²) >= 11 is 0. The molecule has 1 unspecified atom stereocenters. The van der Waals surface area contributed by atoms with Gasteiger partial charge in [0.05, 0.1) is 55.3 Å². The fourth-order valence-electron chi connectivity index (χ4n) is 10.2. The van der Waals surface area contributed by atoms with Crippen LogP contribution in [0.5, 0.6) is 5.75 Å². The predicted octanol–water partition coefficient (Wildman–Crippen LogP) is 6.68. The number of likely N-dealkylation sites (tertiary alicyclic amines) is 2. The van der Waals surface area contributed by atoms with E-state index in [4.69, 9.17) is 33.7 Å². The zero-order chi connectivity index (χ0) is 44.8. The van der Waals surface area contributed by atoms with Crippen molar-refractivity contribution < 1.29 is 42.9 Å². The number of fused-ring (bicyclic) bond motifs is 6. The lowest BCUT2D eigenvalue weighted by Gasteiger charge is -2.36. The minimum atomic E-state index is -0.929. The van der Waals surface area contributed by atoms with Crippen molar-refractivity contribution in [2.75, 3.05) is 34.5 Å². The maximum Gasteiger partial charge on any atom is 0.407 e. The van der Waals surface area contributed by atoms with Crippen molar-refractivity contribution in [1.82, 2.24) is 40.4 Å². The third-order valence-electron chi connectivity index (χ3n) is 13.8. The number of aromatic nitrogens is 4. The molecule has 4 N–H and O–H groups in total. The molecule has 338 valence electrons. The Hall–Kier alpha value is -6.20. The summed E-state index contributed by atoms with van der Waals surface area (Å²) in [6.45, 7) is 7.24. The van der Waals surface area contributed by atoms with E-state index >= 15 is 0 Å². The molecule has 3 fully saturated rings. The van der Waals surface area contributed by atoms with Crippen LogP contribution in [0.25, 0.3) is 44.2 Å². The number of carbonyl (C=O) groups excluding carboxylic acids is 4. The van der Waals surface area contributed by atoms with E-state index in [0.29, 0.717) is 50.7 Å². The van der Waals surface area contributed by atoms with Gasteiger partial charge in [-0.3, -0.25) is 9.59 Å². The first kappa shape index (κ1) is 43.1. The average molecular weight is 877 g/mol. The van der Waals surface area contributed by atoms with Gasteiger partial charge in [0, 0.05) is 43.4 Å². The molecule has 0 spiro atoms. The summed E-state index contributed by atoms with van der Waals surface area (Å²) in [5.41, 5.74) is 6.50. The summed E-state index contributed by atoms with van der Waals surface area (Å²) < 4.78 is 27.2. The number of aromatic amines is 2. The summed E-state index contributed by atoms with van der Waals surface area (Å²) in [6, 6.07) is 12.2. The molecule has 0 aliphatic carbocycles. The Kier molecular flexibility index (Phi) is 11.9. The van der Waals surface area contributed by atoms with E-state index in [2.05, 4.69) is 63.9 Å². The fraction of sp³-hybridized carbons (Fsp3) is 0.489.